The van der Waals surface area contributed by atoms with Gasteiger partial charge < -0.3 is 10.1 Å². The van der Waals surface area contributed by atoms with E-state index in [2.05, 4.69) is 5.32 Å². The number of hydrogen-bond acceptors (Lipinski definition) is 5. The Hall–Kier alpha value is -1.86. The summed E-state index contributed by atoms with van der Waals surface area (Å²) in [5.74, 6) is -0.0765. The average Bonchev–Trinajstić information content (AvgIpc) is 3.16. The van der Waals surface area contributed by atoms with Crippen molar-refractivity contribution in [3.63, 3.8) is 0 Å². The van der Waals surface area contributed by atoms with Gasteiger partial charge in [-0.2, -0.15) is 0 Å². The number of benzene rings is 1. The Balaban J connectivity index is 1.92. The number of fused-ring (bicyclic) bond motifs is 1. The first-order chi connectivity index (χ1) is 12.6. The van der Waals surface area contributed by atoms with Crippen molar-refractivity contribution in [1.29, 1.82) is 0 Å². The molecule has 0 spiro atoms. The van der Waals surface area contributed by atoms with Gasteiger partial charge in [-0.25, -0.2) is 4.98 Å². The predicted molar refractivity (Wildman–Crippen MR) is 104 cm³/mol. The molecule has 0 radical (unpaired) electrons. The number of ether oxygens (including phenoxy) is 1. The third-order valence-corrected chi connectivity index (χ3v) is 5.79. The zero-order chi connectivity index (χ0) is 18.5. The van der Waals surface area contributed by atoms with Gasteiger partial charge in [-0.1, -0.05) is 36.7 Å². The topological polar surface area (TPSA) is 73.2 Å². The number of aromatic nitrogens is 2. The number of nitrogens with zero attached hydrogens (tertiary/aromatic N) is 2. The van der Waals surface area contributed by atoms with Crippen LogP contribution >= 0.6 is 11.8 Å². The molecular weight excluding hydrogens is 350 g/mol. The first-order valence-corrected chi connectivity index (χ1v) is 9.94. The van der Waals surface area contributed by atoms with Crippen LogP contribution in [-0.4, -0.2) is 41.0 Å². The summed E-state index contributed by atoms with van der Waals surface area (Å²) in [6.07, 6.45) is 4.23. The summed E-state index contributed by atoms with van der Waals surface area (Å²) in [5, 5.41) is 3.78. The van der Waals surface area contributed by atoms with Crippen LogP contribution < -0.4 is 10.9 Å². The van der Waals surface area contributed by atoms with E-state index in [4.69, 9.17) is 9.72 Å². The first kappa shape index (κ1) is 18.9. The summed E-state index contributed by atoms with van der Waals surface area (Å²) in [5.41, 5.74) is 0.679. The molecule has 1 aliphatic rings. The molecule has 0 aliphatic heterocycles. The Bertz CT molecular complexity index is 830. The minimum Gasteiger partial charge on any atom is -0.383 e. The van der Waals surface area contributed by atoms with Crippen molar-refractivity contribution >= 4 is 28.6 Å². The van der Waals surface area contributed by atoms with E-state index >= 15 is 0 Å². The number of carbonyl (C=O) groups is 1. The minimum atomic E-state index is -0.340. The molecule has 1 heterocycles. The number of amides is 1. The molecule has 1 aromatic heterocycles. The molecule has 26 heavy (non-hydrogen) atoms. The lowest BCUT2D eigenvalue weighted by molar-refractivity contribution is -0.120. The van der Waals surface area contributed by atoms with Crippen molar-refractivity contribution < 1.29 is 9.53 Å². The highest BCUT2D eigenvalue weighted by Crippen LogP contribution is 2.33. The largest absolute Gasteiger partial charge is 0.383 e. The zero-order valence-electron chi connectivity index (χ0n) is 15.2. The van der Waals surface area contributed by atoms with Crippen LogP contribution in [0.25, 0.3) is 10.9 Å². The normalized spacial score (nSPS) is 16.1. The number of carbonyl (C=O) groups excluding carboxylic acids is 1. The van der Waals surface area contributed by atoms with Crippen LogP contribution in [0.15, 0.2) is 34.2 Å². The van der Waals surface area contributed by atoms with Crippen LogP contribution in [0.2, 0.25) is 0 Å². The van der Waals surface area contributed by atoms with Gasteiger partial charge in [0.1, 0.15) is 0 Å². The SMILES string of the molecule is COCCNC(=O)[C@H](C)Sc1nc2ccccc2c(=O)n1C1CCCC1. The van der Waals surface area contributed by atoms with E-state index in [1.54, 1.807) is 7.11 Å². The second kappa shape index (κ2) is 8.68. The zero-order valence-corrected chi connectivity index (χ0v) is 16.1. The molecule has 2 aromatic rings. The number of nitrogens with one attached hydrogen (secondary N) is 1. The van der Waals surface area contributed by atoms with E-state index in [-0.39, 0.29) is 22.8 Å². The lowest BCUT2D eigenvalue weighted by Gasteiger charge is -2.20. The highest BCUT2D eigenvalue weighted by molar-refractivity contribution is 8.00. The molecule has 1 amide bonds. The fraction of sp³-hybridized carbons (Fsp3) is 0.526. The summed E-state index contributed by atoms with van der Waals surface area (Å²) >= 11 is 1.35. The number of hydrogen-bond donors (Lipinski definition) is 1. The Labute approximate surface area is 157 Å². The lowest BCUT2D eigenvalue weighted by Crippen LogP contribution is -2.34. The van der Waals surface area contributed by atoms with Gasteiger partial charge in [0.25, 0.3) is 5.56 Å². The molecule has 1 atom stereocenters. The highest BCUT2D eigenvalue weighted by Gasteiger charge is 2.25. The predicted octanol–water partition coefficient (Wildman–Crippen LogP) is 2.75. The molecule has 6 nitrogen and oxygen atoms in total. The van der Waals surface area contributed by atoms with Crippen LogP contribution in [-0.2, 0) is 9.53 Å². The minimum absolute atomic E-state index is 0.00279. The quantitative estimate of drug-likeness (QED) is 0.458. The molecule has 7 heteroatoms. The van der Waals surface area contributed by atoms with E-state index in [0.717, 1.165) is 25.7 Å². The monoisotopic (exact) mass is 375 g/mol. The van der Waals surface area contributed by atoms with Crippen LogP contribution in [0.3, 0.4) is 0 Å². The van der Waals surface area contributed by atoms with Gasteiger partial charge in [0.15, 0.2) is 5.16 Å². The Morgan fingerprint density at radius 1 is 1.38 bits per heavy atom. The Morgan fingerprint density at radius 3 is 2.85 bits per heavy atom. The van der Waals surface area contributed by atoms with Gasteiger partial charge in [0.05, 0.1) is 22.8 Å². The van der Waals surface area contributed by atoms with Gasteiger partial charge in [0.2, 0.25) is 5.91 Å². The number of para-hydroxylation sites is 1. The van der Waals surface area contributed by atoms with Crippen LogP contribution in [0.4, 0.5) is 0 Å². The maximum atomic E-state index is 13.1. The number of methoxy groups -OCH3 is 1. The third kappa shape index (κ3) is 4.10. The second-order valence-electron chi connectivity index (χ2n) is 6.57. The van der Waals surface area contributed by atoms with Crippen LogP contribution in [0.5, 0.6) is 0 Å². The van der Waals surface area contributed by atoms with Crippen molar-refractivity contribution in [3.05, 3.63) is 34.6 Å². The van der Waals surface area contributed by atoms with E-state index < -0.39 is 0 Å². The van der Waals surface area contributed by atoms with Crippen LogP contribution in [0.1, 0.15) is 38.6 Å². The van der Waals surface area contributed by atoms with Crippen molar-refractivity contribution in [1.82, 2.24) is 14.9 Å². The molecule has 1 N–H and O–H groups in total. The molecule has 1 fully saturated rings. The van der Waals surface area contributed by atoms with Crippen molar-refractivity contribution in [2.75, 3.05) is 20.3 Å². The van der Waals surface area contributed by atoms with Crippen molar-refractivity contribution in [2.24, 2.45) is 0 Å². The summed E-state index contributed by atoms with van der Waals surface area (Å²) < 4.78 is 6.78. The highest BCUT2D eigenvalue weighted by atomic mass is 32.2. The third-order valence-electron chi connectivity index (χ3n) is 4.72. The number of thioether (sulfide) groups is 1. The van der Waals surface area contributed by atoms with E-state index in [1.165, 1.54) is 11.8 Å². The smallest absolute Gasteiger partial charge is 0.262 e. The first-order valence-electron chi connectivity index (χ1n) is 9.06. The molecule has 0 saturated heterocycles. The summed E-state index contributed by atoms with van der Waals surface area (Å²) in [4.78, 5) is 30.1. The maximum Gasteiger partial charge on any atom is 0.262 e. The summed E-state index contributed by atoms with van der Waals surface area (Å²) in [6.45, 7) is 2.79. The molecule has 3 rings (SSSR count). The second-order valence-corrected chi connectivity index (χ2v) is 7.88. The van der Waals surface area contributed by atoms with Crippen molar-refractivity contribution in [2.45, 2.75) is 49.1 Å². The van der Waals surface area contributed by atoms with Gasteiger partial charge in [-0.05, 0) is 31.9 Å². The van der Waals surface area contributed by atoms with E-state index in [9.17, 15) is 9.59 Å². The molecule has 140 valence electrons. The maximum absolute atomic E-state index is 13.1. The van der Waals surface area contributed by atoms with E-state index in [0.29, 0.717) is 29.2 Å². The average molecular weight is 375 g/mol. The van der Waals surface area contributed by atoms with Gasteiger partial charge in [-0.3, -0.25) is 14.2 Å². The molecule has 1 aliphatic carbocycles. The molecular formula is C19H25N3O3S. The Morgan fingerprint density at radius 2 is 2.12 bits per heavy atom. The van der Waals surface area contributed by atoms with Gasteiger partial charge in [0, 0.05) is 19.7 Å². The fourth-order valence-corrected chi connectivity index (χ4v) is 4.33. The molecule has 0 unspecified atom stereocenters. The lowest BCUT2D eigenvalue weighted by atomic mass is 10.2. The van der Waals surface area contributed by atoms with Gasteiger partial charge >= 0.3 is 0 Å². The standard InChI is InChI=1S/C19H25N3O3S/c1-13(17(23)20-11-12-25-2)26-19-21-16-10-6-5-9-15(16)18(24)22(19)14-7-3-4-8-14/h5-6,9-10,13-14H,3-4,7-8,11-12H2,1-2H3,(H,20,23)/t13-/m0/s1. The van der Waals surface area contributed by atoms with Gasteiger partial charge in [-0.15, -0.1) is 0 Å². The summed E-state index contributed by atoms with van der Waals surface area (Å²) in [7, 11) is 1.60. The summed E-state index contributed by atoms with van der Waals surface area (Å²) in [6, 6.07) is 7.59. The molecule has 1 aromatic carbocycles. The van der Waals surface area contributed by atoms with Crippen molar-refractivity contribution in [3.8, 4) is 0 Å². The fourth-order valence-electron chi connectivity index (χ4n) is 3.32. The van der Waals surface area contributed by atoms with E-state index in [1.807, 2.05) is 35.8 Å². The Kier molecular flexibility index (Phi) is 6.32. The van der Waals surface area contributed by atoms with Crippen LogP contribution in [0, 0.1) is 0 Å². The number of rotatable bonds is 7. The molecule has 0 bridgehead atoms. The molecule has 1 saturated carbocycles.